The maximum absolute atomic E-state index is 5.03. The Morgan fingerprint density at radius 3 is 1.85 bits per heavy atom. The molecule has 0 bridgehead atoms. The molecule has 7 nitrogen and oxygen atoms in total. The van der Waals surface area contributed by atoms with E-state index in [1.807, 2.05) is 35.1 Å². The number of nitrogens with zero attached hydrogens (tertiary/aromatic N) is 7. The van der Waals surface area contributed by atoms with Gasteiger partial charge in [-0.15, -0.1) is 5.10 Å². The standard InChI is InChI=1S/C46H41N7/c1-3-4-24-44-48-43(42-31-34(2)29-30-47-42)33-52(44)32-35-25-27-36(28-26-35)40-22-14-15-23-41(40)45-49-50-51-53(45)46(37-16-8-5-9-17-37,38-18-10-6-11-19-38)39-20-12-7-13-21-39/h5-23,25-31,33H,3-4,24,32H2,1-2H3. The SMILES string of the molecule is CCCCc1nc(-c2cc(C)ccn2)cn1Cc1ccc(-c2ccccc2-c2nnnn2C(c2ccccc2)(c2ccccc2)c2ccccc2)cc1. The fourth-order valence-electron chi connectivity index (χ4n) is 7.33. The number of hydrogen-bond donors (Lipinski definition) is 0. The Labute approximate surface area is 310 Å². The van der Waals surface area contributed by atoms with Gasteiger partial charge in [0.2, 0.25) is 0 Å². The number of aromatic nitrogens is 7. The van der Waals surface area contributed by atoms with E-state index in [2.05, 4.69) is 162 Å². The van der Waals surface area contributed by atoms with Crippen LogP contribution < -0.4 is 0 Å². The molecule has 0 atom stereocenters. The summed E-state index contributed by atoms with van der Waals surface area (Å²) in [6.45, 7) is 5.04. The molecule has 260 valence electrons. The van der Waals surface area contributed by atoms with Gasteiger partial charge in [0.25, 0.3) is 0 Å². The van der Waals surface area contributed by atoms with Crippen LogP contribution in [-0.2, 0) is 18.5 Å². The molecule has 5 aromatic carbocycles. The van der Waals surface area contributed by atoms with Crippen LogP contribution >= 0.6 is 0 Å². The summed E-state index contributed by atoms with van der Waals surface area (Å²) in [6, 6.07) is 52.9. The molecule has 3 heterocycles. The predicted octanol–water partition coefficient (Wildman–Crippen LogP) is 9.81. The van der Waals surface area contributed by atoms with Crippen molar-refractivity contribution in [3.63, 3.8) is 0 Å². The van der Waals surface area contributed by atoms with E-state index < -0.39 is 5.54 Å². The van der Waals surface area contributed by atoms with Crippen molar-refractivity contribution in [3.05, 3.63) is 198 Å². The summed E-state index contributed by atoms with van der Waals surface area (Å²) in [5.74, 6) is 1.77. The highest BCUT2D eigenvalue weighted by molar-refractivity contribution is 5.81. The molecule has 0 saturated heterocycles. The van der Waals surface area contributed by atoms with Crippen LogP contribution in [0, 0.1) is 6.92 Å². The van der Waals surface area contributed by atoms with Crippen molar-refractivity contribution in [1.29, 1.82) is 0 Å². The smallest absolute Gasteiger partial charge is 0.184 e. The van der Waals surface area contributed by atoms with Gasteiger partial charge in [0, 0.05) is 30.9 Å². The maximum atomic E-state index is 5.03. The average molecular weight is 692 g/mol. The minimum Gasteiger partial charge on any atom is -0.330 e. The first-order valence-corrected chi connectivity index (χ1v) is 18.3. The Morgan fingerprint density at radius 2 is 1.25 bits per heavy atom. The van der Waals surface area contributed by atoms with Crippen LogP contribution in [0.2, 0.25) is 0 Å². The van der Waals surface area contributed by atoms with Crippen LogP contribution in [0.3, 0.4) is 0 Å². The number of imidazole rings is 1. The molecule has 7 heteroatoms. The van der Waals surface area contributed by atoms with E-state index in [1.165, 1.54) is 11.1 Å². The van der Waals surface area contributed by atoms with E-state index in [4.69, 9.17) is 15.3 Å². The summed E-state index contributed by atoms with van der Waals surface area (Å²) >= 11 is 0. The lowest BCUT2D eigenvalue weighted by Crippen LogP contribution is -2.39. The third-order valence-electron chi connectivity index (χ3n) is 9.94. The van der Waals surface area contributed by atoms with E-state index in [-0.39, 0.29) is 0 Å². The van der Waals surface area contributed by atoms with Gasteiger partial charge >= 0.3 is 0 Å². The van der Waals surface area contributed by atoms with Gasteiger partial charge in [-0.2, -0.15) is 0 Å². The van der Waals surface area contributed by atoms with E-state index in [0.717, 1.165) is 76.4 Å². The lowest BCUT2D eigenvalue weighted by atomic mass is 9.77. The molecule has 0 aliphatic heterocycles. The first kappa shape index (κ1) is 33.7. The molecule has 8 rings (SSSR count). The molecular weight excluding hydrogens is 651 g/mol. The molecule has 0 amide bonds. The normalized spacial score (nSPS) is 11.5. The minimum atomic E-state index is -0.841. The van der Waals surface area contributed by atoms with Gasteiger partial charge < -0.3 is 4.57 Å². The van der Waals surface area contributed by atoms with Gasteiger partial charge in [-0.3, -0.25) is 4.98 Å². The zero-order valence-corrected chi connectivity index (χ0v) is 30.0. The Bertz CT molecular complexity index is 2320. The van der Waals surface area contributed by atoms with Gasteiger partial charge in [0.15, 0.2) is 5.82 Å². The van der Waals surface area contributed by atoms with Gasteiger partial charge in [-0.05, 0) is 74.8 Å². The molecule has 0 unspecified atom stereocenters. The average Bonchev–Trinajstić information content (AvgIpc) is 3.87. The second kappa shape index (κ2) is 15.0. The monoisotopic (exact) mass is 691 g/mol. The van der Waals surface area contributed by atoms with E-state index in [0.29, 0.717) is 5.82 Å². The highest BCUT2D eigenvalue weighted by atomic mass is 15.6. The number of rotatable bonds is 12. The van der Waals surface area contributed by atoms with Crippen LogP contribution in [0.1, 0.15) is 53.4 Å². The lowest BCUT2D eigenvalue weighted by Gasteiger charge is -2.36. The van der Waals surface area contributed by atoms with E-state index >= 15 is 0 Å². The van der Waals surface area contributed by atoms with Crippen LogP contribution in [-0.4, -0.2) is 34.7 Å². The third-order valence-corrected chi connectivity index (χ3v) is 9.94. The zero-order valence-electron chi connectivity index (χ0n) is 30.0. The van der Waals surface area contributed by atoms with Crippen molar-refractivity contribution in [2.24, 2.45) is 0 Å². The second-order valence-electron chi connectivity index (χ2n) is 13.5. The van der Waals surface area contributed by atoms with E-state index in [1.54, 1.807) is 0 Å². The molecule has 0 fully saturated rings. The van der Waals surface area contributed by atoms with Gasteiger partial charge in [0.05, 0.1) is 5.69 Å². The number of benzene rings is 5. The molecule has 0 aliphatic carbocycles. The van der Waals surface area contributed by atoms with Crippen LogP contribution in [0.4, 0.5) is 0 Å². The molecule has 0 aliphatic rings. The zero-order chi connectivity index (χ0) is 36.0. The number of aryl methyl sites for hydroxylation is 2. The molecule has 53 heavy (non-hydrogen) atoms. The van der Waals surface area contributed by atoms with Crippen molar-refractivity contribution in [2.75, 3.05) is 0 Å². The largest absolute Gasteiger partial charge is 0.330 e. The Hall–Kier alpha value is -6.47. The molecule has 0 N–H and O–H groups in total. The first-order chi connectivity index (χ1) is 26.1. The minimum absolute atomic E-state index is 0.678. The second-order valence-corrected chi connectivity index (χ2v) is 13.5. The third kappa shape index (κ3) is 6.58. The molecular formula is C46H41N7. The lowest BCUT2D eigenvalue weighted by molar-refractivity contribution is 0.451. The predicted molar refractivity (Wildman–Crippen MR) is 211 cm³/mol. The summed E-state index contributed by atoms with van der Waals surface area (Å²) in [5.41, 5.74) is 9.64. The Morgan fingerprint density at radius 1 is 0.642 bits per heavy atom. The number of hydrogen-bond acceptors (Lipinski definition) is 5. The van der Waals surface area contributed by atoms with Crippen molar-refractivity contribution in [1.82, 2.24) is 34.7 Å². The molecule has 3 aromatic heterocycles. The quantitative estimate of drug-likeness (QED) is 0.119. The summed E-state index contributed by atoms with van der Waals surface area (Å²) in [7, 11) is 0. The van der Waals surface area contributed by atoms with E-state index in [9.17, 15) is 0 Å². The first-order valence-electron chi connectivity index (χ1n) is 18.3. The Balaban J connectivity index is 1.19. The fraction of sp³-hybridized carbons (Fsp3) is 0.152. The summed E-state index contributed by atoms with van der Waals surface area (Å²) in [4.78, 5) is 9.64. The van der Waals surface area contributed by atoms with Gasteiger partial charge in [-0.1, -0.05) is 153 Å². The number of tetrazole rings is 1. The Kier molecular flexibility index (Phi) is 9.54. The maximum Gasteiger partial charge on any atom is 0.184 e. The molecule has 0 saturated carbocycles. The van der Waals surface area contributed by atoms with Gasteiger partial charge in [-0.25, -0.2) is 9.67 Å². The van der Waals surface area contributed by atoms with Crippen molar-refractivity contribution >= 4 is 0 Å². The highest BCUT2D eigenvalue weighted by Gasteiger charge is 2.42. The van der Waals surface area contributed by atoms with Crippen LogP contribution in [0.5, 0.6) is 0 Å². The van der Waals surface area contributed by atoms with Crippen LogP contribution in [0.25, 0.3) is 33.9 Å². The number of unbranched alkanes of at least 4 members (excludes halogenated alkanes) is 1. The molecule has 0 spiro atoms. The van der Waals surface area contributed by atoms with Crippen molar-refractivity contribution < 1.29 is 0 Å². The fourth-order valence-corrected chi connectivity index (χ4v) is 7.33. The van der Waals surface area contributed by atoms with Gasteiger partial charge in [0.1, 0.15) is 17.1 Å². The summed E-state index contributed by atoms with van der Waals surface area (Å²) in [5, 5.41) is 13.9. The van der Waals surface area contributed by atoms with Crippen LogP contribution in [0.15, 0.2) is 164 Å². The topological polar surface area (TPSA) is 74.3 Å². The van der Waals surface area contributed by atoms with Crippen molar-refractivity contribution in [2.45, 2.75) is 45.2 Å². The summed E-state index contributed by atoms with van der Waals surface area (Å²) in [6.07, 6.45) is 7.14. The van der Waals surface area contributed by atoms with Crippen molar-refractivity contribution in [3.8, 4) is 33.9 Å². The molecule has 0 radical (unpaired) electrons. The molecule has 8 aromatic rings. The summed E-state index contributed by atoms with van der Waals surface area (Å²) < 4.78 is 4.28. The highest BCUT2D eigenvalue weighted by Crippen LogP contribution is 2.43. The number of pyridine rings is 1.